The van der Waals surface area contributed by atoms with Crippen molar-refractivity contribution in [3.8, 4) is 0 Å². The van der Waals surface area contributed by atoms with Gasteiger partial charge in [0.25, 0.3) is 0 Å². The van der Waals surface area contributed by atoms with E-state index >= 15 is 0 Å². The fourth-order valence-corrected chi connectivity index (χ4v) is 3.06. The normalized spacial score (nSPS) is 11.9. The van der Waals surface area contributed by atoms with Crippen molar-refractivity contribution >= 4 is 27.4 Å². The lowest BCUT2D eigenvalue weighted by Crippen LogP contribution is -2.33. The van der Waals surface area contributed by atoms with Crippen molar-refractivity contribution in [3.63, 3.8) is 0 Å². The number of aryl methyl sites for hydroxylation is 1. The van der Waals surface area contributed by atoms with Gasteiger partial charge in [-0.2, -0.15) is 18.2 Å². The lowest BCUT2D eigenvalue weighted by atomic mass is 9.93. The smallest absolute Gasteiger partial charge is 0.475 e. The second kappa shape index (κ2) is 8.70. The Balaban J connectivity index is 0.000000345. The predicted octanol–water partition coefficient (Wildman–Crippen LogP) is 4.29. The molecule has 28 heavy (non-hydrogen) atoms. The number of alkyl halides is 3. The molecule has 0 spiro atoms. The van der Waals surface area contributed by atoms with Crippen LogP contribution in [0.5, 0.6) is 0 Å². The number of aliphatic carboxylic acids is 1. The number of carboxylic acids is 1. The van der Waals surface area contributed by atoms with E-state index in [9.17, 15) is 13.2 Å². The molecule has 3 rings (SSSR count). The van der Waals surface area contributed by atoms with E-state index in [1.165, 1.54) is 15.6 Å². The first kappa shape index (κ1) is 21.8. The summed E-state index contributed by atoms with van der Waals surface area (Å²) in [5, 5.41) is 17.9. The summed E-state index contributed by atoms with van der Waals surface area (Å²) < 4.78 is 38.3. The zero-order valence-electron chi connectivity index (χ0n) is 15.5. The van der Waals surface area contributed by atoms with Gasteiger partial charge in [-0.1, -0.05) is 11.2 Å². The zero-order chi connectivity index (χ0) is 20.9. The van der Waals surface area contributed by atoms with Gasteiger partial charge in [0, 0.05) is 17.8 Å². The number of carbonyl (C=O) groups is 1. The van der Waals surface area contributed by atoms with Gasteiger partial charge in [0.1, 0.15) is 0 Å². The summed E-state index contributed by atoms with van der Waals surface area (Å²) >= 11 is 1.78. The van der Waals surface area contributed by atoms with Crippen LogP contribution in [0, 0.1) is 6.92 Å². The molecule has 0 amide bonds. The Labute approximate surface area is 163 Å². The van der Waals surface area contributed by atoms with E-state index in [1.54, 1.807) is 11.3 Å². The standard InChI is InChI=1S/C16H19N3OS.C2HF3O2/c1-11-18-15(20-19-11)16(2,3)10-17-9-12-4-5-14-13(8-12)6-7-21-14;3-2(4,5)1(6)7/h4-8,17H,9-10H2,1-3H3;(H,6,7). The summed E-state index contributed by atoms with van der Waals surface area (Å²) in [4.78, 5) is 13.2. The van der Waals surface area contributed by atoms with Crippen molar-refractivity contribution < 1.29 is 27.6 Å². The van der Waals surface area contributed by atoms with Gasteiger partial charge in [-0.15, -0.1) is 11.3 Å². The molecule has 0 aliphatic carbocycles. The maximum atomic E-state index is 10.6. The summed E-state index contributed by atoms with van der Waals surface area (Å²) in [7, 11) is 0. The first-order valence-electron chi connectivity index (χ1n) is 8.27. The summed E-state index contributed by atoms with van der Waals surface area (Å²) in [5.41, 5.74) is 1.12. The number of thiophene rings is 1. The number of fused-ring (bicyclic) bond motifs is 1. The number of halogens is 3. The van der Waals surface area contributed by atoms with Gasteiger partial charge in [-0.25, -0.2) is 4.79 Å². The molecular formula is C18H20F3N3O3S. The minimum absolute atomic E-state index is 0.173. The molecular weight excluding hydrogens is 395 g/mol. The molecule has 2 heterocycles. The van der Waals surface area contributed by atoms with Crippen LogP contribution in [-0.4, -0.2) is 33.9 Å². The van der Waals surface area contributed by atoms with Crippen molar-refractivity contribution in [3.05, 3.63) is 46.9 Å². The van der Waals surface area contributed by atoms with Gasteiger partial charge in [0.2, 0.25) is 5.89 Å². The number of benzene rings is 1. The fraction of sp³-hybridized carbons (Fsp3) is 0.389. The topological polar surface area (TPSA) is 88.3 Å². The van der Waals surface area contributed by atoms with Crippen LogP contribution >= 0.6 is 11.3 Å². The first-order chi connectivity index (χ1) is 13.0. The molecule has 0 saturated heterocycles. The Morgan fingerprint density at radius 3 is 2.54 bits per heavy atom. The van der Waals surface area contributed by atoms with Gasteiger partial charge >= 0.3 is 12.1 Å². The quantitative estimate of drug-likeness (QED) is 0.646. The van der Waals surface area contributed by atoms with Crippen LogP contribution in [0.1, 0.15) is 31.1 Å². The molecule has 0 radical (unpaired) electrons. The number of hydrogen-bond acceptors (Lipinski definition) is 6. The molecule has 10 heteroatoms. The summed E-state index contributed by atoms with van der Waals surface area (Å²) in [5.74, 6) is -1.39. The molecule has 152 valence electrons. The van der Waals surface area contributed by atoms with Crippen LogP contribution in [0.4, 0.5) is 13.2 Å². The zero-order valence-corrected chi connectivity index (χ0v) is 16.3. The molecule has 0 fully saturated rings. The molecule has 0 unspecified atom stereocenters. The fourth-order valence-electron chi connectivity index (χ4n) is 2.29. The minimum atomic E-state index is -5.08. The van der Waals surface area contributed by atoms with Gasteiger partial charge < -0.3 is 14.9 Å². The highest BCUT2D eigenvalue weighted by molar-refractivity contribution is 7.17. The third-order valence-corrected chi connectivity index (χ3v) is 4.66. The Hall–Kier alpha value is -2.46. The van der Waals surface area contributed by atoms with E-state index in [4.69, 9.17) is 14.4 Å². The molecule has 2 aromatic heterocycles. The van der Waals surface area contributed by atoms with Gasteiger partial charge in [0.15, 0.2) is 5.82 Å². The highest BCUT2D eigenvalue weighted by Crippen LogP contribution is 2.23. The molecule has 3 aromatic rings. The number of hydrogen-bond donors (Lipinski definition) is 2. The van der Waals surface area contributed by atoms with Crippen molar-refractivity contribution in [1.29, 1.82) is 0 Å². The van der Waals surface area contributed by atoms with Crippen LogP contribution < -0.4 is 5.32 Å². The summed E-state index contributed by atoms with van der Waals surface area (Å²) in [6, 6.07) is 8.76. The molecule has 1 aromatic carbocycles. The van der Waals surface area contributed by atoms with E-state index in [2.05, 4.69) is 59.0 Å². The monoisotopic (exact) mass is 415 g/mol. The number of rotatable bonds is 5. The molecule has 0 bridgehead atoms. The van der Waals surface area contributed by atoms with Crippen molar-refractivity contribution in [1.82, 2.24) is 15.5 Å². The van der Waals surface area contributed by atoms with E-state index in [0.29, 0.717) is 11.7 Å². The second-order valence-corrected chi connectivity index (χ2v) is 7.68. The Morgan fingerprint density at radius 2 is 1.96 bits per heavy atom. The Morgan fingerprint density at radius 1 is 1.29 bits per heavy atom. The van der Waals surface area contributed by atoms with Crippen LogP contribution in [-0.2, 0) is 16.8 Å². The maximum Gasteiger partial charge on any atom is 0.490 e. The van der Waals surface area contributed by atoms with Gasteiger partial charge in [0.05, 0.1) is 5.41 Å². The highest BCUT2D eigenvalue weighted by atomic mass is 32.1. The molecule has 0 atom stereocenters. The van der Waals surface area contributed by atoms with Crippen molar-refractivity contribution in [2.75, 3.05) is 6.54 Å². The molecule has 2 N–H and O–H groups in total. The average molecular weight is 415 g/mol. The van der Waals surface area contributed by atoms with E-state index in [0.717, 1.165) is 13.1 Å². The maximum absolute atomic E-state index is 10.6. The van der Waals surface area contributed by atoms with E-state index < -0.39 is 12.1 Å². The lowest BCUT2D eigenvalue weighted by Gasteiger charge is -2.20. The molecule has 0 aliphatic rings. The van der Waals surface area contributed by atoms with Crippen LogP contribution in [0.25, 0.3) is 10.1 Å². The summed E-state index contributed by atoms with van der Waals surface area (Å²) in [6.45, 7) is 7.68. The van der Waals surface area contributed by atoms with Crippen LogP contribution in [0.2, 0.25) is 0 Å². The second-order valence-electron chi connectivity index (χ2n) is 6.73. The number of aromatic nitrogens is 2. The van der Waals surface area contributed by atoms with Gasteiger partial charge in [-0.3, -0.25) is 0 Å². The summed E-state index contributed by atoms with van der Waals surface area (Å²) in [6.07, 6.45) is -5.08. The van der Waals surface area contributed by atoms with Gasteiger partial charge in [-0.05, 0) is 55.3 Å². The first-order valence-corrected chi connectivity index (χ1v) is 9.15. The number of nitrogens with zero attached hydrogens (tertiary/aromatic N) is 2. The van der Waals surface area contributed by atoms with Crippen molar-refractivity contribution in [2.24, 2.45) is 0 Å². The third kappa shape index (κ3) is 6.03. The predicted molar refractivity (Wildman–Crippen MR) is 99.3 cm³/mol. The lowest BCUT2D eigenvalue weighted by molar-refractivity contribution is -0.192. The Bertz CT molecular complexity index is 935. The minimum Gasteiger partial charge on any atom is -0.475 e. The molecule has 0 saturated carbocycles. The van der Waals surface area contributed by atoms with E-state index in [1.807, 2.05) is 6.92 Å². The highest BCUT2D eigenvalue weighted by Gasteiger charge is 2.38. The molecule has 0 aliphatic heterocycles. The third-order valence-electron chi connectivity index (χ3n) is 3.76. The number of carboxylic acid groups (broad SMARTS) is 1. The number of nitrogens with one attached hydrogen (secondary N) is 1. The van der Waals surface area contributed by atoms with E-state index in [-0.39, 0.29) is 5.41 Å². The average Bonchev–Trinajstić information content (AvgIpc) is 3.23. The van der Waals surface area contributed by atoms with Crippen LogP contribution in [0.15, 0.2) is 34.2 Å². The van der Waals surface area contributed by atoms with Crippen molar-refractivity contribution in [2.45, 2.75) is 38.9 Å². The largest absolute Gasteiger partial charge is 0.490 e. The molecule has 6 nitrogen and oxygen atoms in total. The Kier molecular flexibility index (Phi) is 6.78. The SMILES string of the molecule is Cc1noc(C(C)(C)CNCc2ccc3sccc3c2)n1.O=C(O)C(F)(F)F. The van der Waals surface area contributed by atoms with Crippen LogP contribution in [0.3, 0.4) is 0 Å².